The molecule has 0 aromatic carbocycles. The zero-order valence-electron chi connectivity index (χ0n) is 10.2. The molecule has 0 saturated heterocycles. The van der Waals surface area contributed by atoms with Crippen LogP contribution in [0.1, 0.15) is 27.7 Å². The summed E-state index contributed by atoms with van der Waals surface area (Å²) >= 11 is 0. The second kappa shape index (κ2) is 5.09. The highest BCUT2D eigenvalue weighted by Crippen LogP contribution is 2.20. The highest BCUT2D eigenvalue weighted by molar-refractivity contribution is 6.48. The predicted octanol–water partition coefficient (Wildman–Crippen LogP) is 2.71. The van der Waals surface area contributed by atoms with Crippen LogP contribution in [-0.4, -0.2) is 24.8 Å². The smallest absolute Gasteiger partial charge is 0.173 e. The van der Waals surface area contributed by atoms with Crippen LogP contribution in [0.25, 0.3) is 0 Å². The molecule has 0 unspecified atom stereocenters. The molecule has 0 radical (unpaired) electrons. The average molecular weight is 191 g/mol. The minimum atomic E-state index is 0.125. The Kier molecular flexibility index (Phi) is 4.75. The van der Waals surface area contributed by atoms with Gasteiger partial charge in [-0.25, -0.2) is 0 Å². The van der Waals surface area contributed by atoms with Crippen molar-refractivity contribution in [2.75, 3.05) is 7.05 Å². The van der Waals surface area contributed by atoms with E-state index in [-0.39, 0.29) is 5.54 Å². The first-order valence-corrected chi connectivity index (χ1v) is 5.01. The molecule has 0 bridgehead atoms. The molecule has 1 nitrogen and oxygen atoms in total. The van der Waals surface area contributed by atoms with E-state index < -0.39 is 0 Å². The first-order valence-electron chi connectivity index (χ1n) is 5.01. The summed E-state index contributed by atoms with van der Waals surface area (Å²) in [5.74, 6) is 4.05. The van der Waals surface area contributed by atoms with Gasteiger partial charge in [-0.2, -0.15) is 0 Å². The number of likely N-dealkylation sites (N-methyl/N-ethyl adjacent to an activating group) is 1. The van der Waals surface area contributed by atoms with Gasteiger partial charge in [0.1, 0.15) is 0 Å². The molecule has 2 heteroatoms. The number of allylic oxidation sites excluding steroid dienone is 1. The summed E-state index contributed by atoms with van der Waals surface area (Å²) in [7, 11) is 2.98. The number of hydrogen-bond donors (Lipinski definition) is 0. The van der Waals surface area contributed by atoms with Crippen molar-refractivity contribution in [3.05, 3.63) is 36.4 Å². The minimum absolute atomic E-state index is 0.125. The van der Waals surface area contributed by atoms with Crippen LogP contribution in [0.2, 0.25) is 0 Å². The van der Waals surface area contributed by atoms with Crippen LogP contribution >= 0.6 is 0 Å². The SMILES string of the molecule is C=CB/C=C(\C)C(=C)N(C)C(C)(C)C. The molecule has 0 aromatic heterocycles. The van der Waals surface area contributed by atoms with Crippen LogP contribution in [0.4, 0.5) is 0 Å². The summed E-state index contributed by atoms with van der Waals surface area (Å²) < 4.78 is 0. The molecule has 0 aromatic rings. The molecule has 0 aliphatic heterocycles. The molecule has 0 amide bonds. The van der Waals surface area contributed by atoms with Crippen molar-refractivity contribution >= 4 is 7.28 Å². The summed E-state index contributed by atoms with van der Waals surface area (Å²) in [6.07, 6.45) is 0. The highest BCUT2D eigenvalue weighted by Gasteiger charge is 2.18. The standard InChI is InChI=1S/C12H22BN/c1-8-13-9-10(2)11(3)14(7)12(4,5)6/h8-9,13H,1,3H2,2,4-7H3/b10-9+. The van der Waals surface area contributed by atoms with E-state index >= 15 is 0 Å². The van der Waals surface area contributed by atoms with Crippen molar-refractivity contribution in [2.45, 2.75) is 33.2 Å². The molecule has 0 saturated carbocycles. The van der Waals surface area contributed by atoms with Crippen LogP contribution in [0, 0.1) is 0 Å². The molecule has 0 N–H and O–H groups in total. The normalized spacial score (nSPS) is 12.2. The minimum Gasteiger partial charge on any atom is -0.370 e. The molecule has 0 fully saturated rings. The van der Waals surface area contributed by atoms with Crippen LogP contribution in [-0.2, 0) is 0 Å². The van der Waals surface area contributed by atoms with Gasteiger partial charge < -0.3 is 4.90 Å². The van der Waals surface area contributed by atoms with Crippen molar-refractivity contribution in [3.63, 3.8) is 0 Å². The van der Waals surface area contributed by atoms with E-state index in [0.717, 1.165) is 13.0 Å². The van der Waals surface area contributed by atoms with Crippen molar-refractivity contribution in [1.29, 1.82) is 0 Å². The van der Waals surface area contributed by atoms with Crippen LogP contribution in [0.3, 0.4) is 0 Å². The van der Waals surface area contributed by atoms with Gasteiger partial charge >= 0.3 is 0 Å². The Hall–Kier alpha value is -0.915. The van der Waals surface area contributed by atoms with Gasteiger partial charge in [0.05, 0.1) is 0 Å². The lowest BCUT2D eigenvalue weighted by molar-refractivity contribution is 0.233. The van der Waals surface area contributed by atoms with E-state index in [1.54, 1.807) is 0 Å². The van der Waals surface area contributed by atoms with Crippen molar-refractivity contribution in [1.82, 2.24) is 4.90 Å². The van der Waals surface area contributed by atoms with Gasteiger partial charge in [-0.3, -0.25) is 0 Å². The highest BCUT2D eigenvalue weighted by atomic mass is 15.2. The van der Waals surface area contributed by atoms with Crippen molar-refractivity contribution in [2.24, 2.45) is 0 Å². The summed E-state index contributed by atoms with van der Waals surface area (Å²) in [6, 6.07) is 0. The van der Waals surface area contributed by atoms with E-state index in [2.05, 4.69) is 58.8 Å². The molecule has 0 aliphatic carbocycles. The van der Waals surface area contributed by atoms with Gasteiger partial charge in [-0.05, 0) is 33.3 Å². The lowest BCUT2D eigenvalue weighted by Gasteiger charge is -2.36. The van der Waals surface area contributed by atoms with E-state index in [1.807, 2.05) is 5.98 Å². The topological polar surface area (TPSA) is 3.24 Å². The molecule has 0 spiro atoms. The zero-order chi connectivity index (χ0) is 11.4. The maximum Gasteiger partial charge on any atom is 0.173 e. The summed E-state index contributed by atoms with van der Waals surface area (Å²) in [6.45, 7) is 16.4. The summed E-state index contributed by atoms with van der Waals surface area (Å²) in [5.41, 5.74) is 2.43. The second-order valence-corrected chi connectivity index (χ2v) is 4.59. The Labute approximate surface area is 89.4 Å². The van der Waals surface area contributed by atoms with Gasteiger partial charge in [-0.15, -0.1) is 18.5 Å². The first-order chi connectivity index (χ1) is 6.30. The molecular formula is C12H22BN. The molecule has 0 atom stereocenters. The van der Waals surface area contributed by atoms with Crippen LogP contribution in [0.5, 0.6) is 0 Å². The van der Waals surface area contributed by atoms with Gasteiger partial charge in [0, 0.05) is 18.3 Å². The van der Waals surface area contributed by atoms with E-state index in [0.29, 0.717) is 0 Å². The monoisotopic (exact) mass is 191 g/mol. The van der Waals surface area contributed by atoms with E-state index in [4.69, 9.17) is 0 Å². The molecule has 14 heavy (non-hydrogen) atoms. The predicted molar refractivity (Wildman–Crippen MR) is 67.8 cm³/mol. The Bertz CT molecular complexity index is 246. The summed E-state index contributed by atoms with van der Waals surface area (Å²) in [5, 5.41) is 0. The van der Waals surface area contributed by atoms with E-state index in [9.17, 15) is 0 Å². The Morgan fingerprint density at radius 1 is 1.36 bits per heavy atom. The third kappa shape index (κ3) is 3.86. The molecule has 78 valence electrons. The van der Waals surface area contributed by atoms with Gasteiger partial charge in [0.25, 0.3) is 0 Å². The fourth-order valence-electron chi connectivity index (χ4n) is 1.05. The molecule has 0 aliphatic rings. The van der Waals surface area contributed by atoms with Gasteiger partial charge in [0.2, 0.25) is 0 Å². The number of nitrogens with zero attached hydrogens (tertiary/aromatic N) is 1. The van der Waals surface area contributed by atoms with Crippen LogP contribution < -0.4 is 0 Å². The first kappa shape index (κ1) is 13.1. The van der Waals surface area contributed by atoms with Crippen LogP contribution in [0.15, 0.2) is 36.4 Å². The van der Waals surface area contributed by atoms with Gasteiger partial charge in [-0.1, -0.05) is 6.58 Å². The lowest BCUT2D eigenvalue weighted by atomic mass is 9.77. The number of rotatable bonds is 4. The Balaban J connectivity index is 4.55. The van der Waals surface area contributed by atoms with E-state index in [1.165, 1.54) is 5.57 Å². The number of hydrogen-bond acceptors (Lipinski definition) is 1. The molecule has 0 rings (SSSR count). The van der Waals surface area contributed by atoms with Crippen molar-refractivity contribution in [3.8, 4) is 0 Å². The fraction of sp³-hybridized carbons (Fsp3) is 0.500. The molecule has 0 heterocycles. The molecular weight excluding hydrogens is 169 g/mol. The summed E-state index contributed by atoms with van der Waals surface area (Å²) in [4.78, 5) is 2.20. The third-order valence-corrected chi connectivity index (χ3v) is 2.46. The second-order valence-electron chi connectivity index (χ2n) is 4.59. The Morgan fingerprint density at radius 2 is 1.86 bits per heavy atom. The lowest BCUT2D eigenvalue weighted by Crippen LogP contribution is -2.37. The maximum atomic E-state index is 4.10. The quantitative estimate of drug-likeness (QED) is 0.487. The maximum absolute atomic E-state index is 4.10. The Morgan fingerprint density at radius 3 is 2.21 bits per heavy atom. The third-order valence-electron chi connectivity index (χ3n) is 2.46. The largest absolute Gasteiger partial charge is 0.370 e. The average Bonchev–Trinajstić information content (AvgIpc) is 2.10. The fourth-order valence-corrected chi connectivity index (χ4v) is 1.05. The van der Waals surface area contributed by atoms with Gasteiger partial charge in [0.15, 0.2) is 7.28 Å². The zero-order valence-corrected chi connectivity index (χ0v) is 10.2. The van der Waals surface area contributed by atoms with Crippen molar-refractivity contribution < 1.29 is 0 Å².